The number of aryl methyl sites for hydroxylation is 1. The lowest BCUT2D eigenvalue weighted by molar-refractivity contribution is 0.669. The van der Waals surface area contributed by atoms with Crippen LogP contribution < -0.4 is 10.2 Å². The van der Waals surface area contributed by atoms with Crippen molar-refractivity contribution in [1.29, 1.82) is 0 Å². The van der Waals surface area contributed by atoms with Crippen LogP contribution in [0.15, 0.2) is 12.3 Å². The Morgan fingerprint density at radius 3 is 2.26 bits per heavy atom. The van der Waals surface area contributed by atoms with Crippen molar-refractivity contribution in [2.45, 2.75) is 53.0 Å². The topological polar surface area (TPSA) is 28.2 Å². The van der Waals surface area contributed by atoms with Crippen molar-refractivity contribution in [2.24, 2.45) is 0 Å². The number of hydrogen-bond donors (Lipinski definition) is 1. The van der Waals surface area contributed by atoms with E-state index in [1.807, 2.05) is 13.2 Å². The lowest BCUT2D eigenvalue weighted by Gasteiger charge is -2.25. The summed E-state index contributed by atoms with van der Waals surface area (Å²) in [6.07, 6.45) is 6.95. The Balaban J connectivity index is 2.81. The predicted molar refractivity (Wildman–Crippen MR) is 83.8 cm³/mol. The second-order valence-corrected chi connectivity index (χ2v) is 5.21. The van der Waals surface area contributed by atoms with Crippen LogP contribution in [0.2, 0.25) is 0 Å². The Morgan fingerprint density at radius 2 is 1.79 bits per heavy atom. The molecule has 108 valence electrons. The average molecular weight is 263 g/mol. The number of rotatable bonds is 9. The summed E-state index contributed by atoms with van der Waals surface area (Å²) in [6, 6.07) is 2.25. The highest BCUT2D eigenvalue weighted by molar-refractivity contribution is 5.47. The molecule has 0 aromatic carbocycles. The van der Waals surface area contributed by atoms with Crippen molar-refractivity contribution in [3.63, 3.8) is 0 Å². The maximum absolute atomic E-state index is 4.69. The summed E-state index contributed by atoms with van der Waals surface area (Å²) < 4.78 is 0. The zero-order chi connectivity index (χ0) is 14.1. The Morgan fingerprint density at radius 1 is 1.16 bits per heavy atom. The molecule has 0 saturated carbocycles. The van der Waals surface area contributed by atoms with E-state index in [1.165, 1.54) is 42.6 Å². The number of aromatic nitrogens is 1. The highest BCUT2D eigenvalue weighted by Crippen LogP contribution is 2.19. The number of pyridine rings is 1. The zero-order valence-electron chi connectivity index (χ0n) is 13.0. The first-order chi connectivity index (χ1) is 9.22. The molecular weight excluding hydrogens is 234 g/mol. The molecule has 0 amide bonds. The van der Waals surface area contributed by atoms with Crippen LogP contribution in [0.1, 0.15) is 50.7 Å². The summed E-state index contributed by atoms with van der Waals surface area (Å²) in [5.41, 5.74) is 2.55. The standard InChI is InChI=1S/C16H29N3/c1-5-7-9-19(10-8-6-2)16-14(3)11-15(12-17-4)13-18-16/h11,13,17H,5-10,12H2,1-4H3. The van der Waals surface area contributed by atoms with Crippen molar-refractivity contribution in [2.75, 3.05) is 25.0 Å². The van der Waals surface area contributed by atoms with Gasteiger partial charge in [-0.05, 0) is 44.0 Å². The lowest BCUT2D eigenvalue weighted by atomic mass is 10.1. The number of nitrogens with zero attached hydrogens (tertiary/aromatic N) is 2. The zero-order valence-corrected chi connectivity index (χ0v) is 13.0. The molecule has 0 aliphatic carbocycles. The highest BCUT2D eigenvalue weighted by Gasteiger charge is 2.10. The van der Waals surface area contributed by atoms with Gasteiger partial charge in [0.05, 0.1) is 0 Å². The van der Waals surface area contributed by atoms with Crippen molar-refractivity contribution in [3.05, 3.63) is 23.4 Å². The van der Waals surface area contributed by atoms with Gasteiger partial charge in [0.15, 0.2) is 0 Å². The lowest BCUT2D eigenvalue weighted by Crippen LogP contribution is -2.27. The smallest absolute Gasteiger partial charge is 0.131 e. The maximum Gasteiger partial charge on any atom is 0.131 e. The summed E-state index contributed by atoms with van der Waals surface area (Å²) in [6.45, 7) is 9.79. The van der Waals surface area contributed by atoms with Crippen LogP contribution in [0.25, 0.3) is 0 Å². The molecule has 3 nitrogen and oxygen atoms in total. The third-order valence-electron chi connectivity index (χ3n) is 3.35. The first-order valence-electron chi connectivity index (χ1n) is 7.58. The minimum atomic E-state index is 0.887. The summed E-state index contributed by atoms with van der Waals surface area (Å²) in [7, 11) is 1.97. The number of nitrogens with one attached hydrogen (secondary N) is 1. The molecule has 1 N–H and O–H groups in total. The van der Waals surface area contributed by atoms with Crippen molar-refractivity contribution >= 4 is 5.82 Å². The third-order valence-corrected chi connectivity index (χ3v) is 3.35. The molecule has 19 heavy (non-hydrogen) atoms. The molecule has 0 bridgehead atoms. The van der Waals surface area contributed by atoms with E-state index in [9.17, 15) is 0 Å². The molecule has 3 heteroatoms. The van der Waals surface area contributed by atoms with Crippen LogP contribution >= 0.6 is 0 Å². The molecule has 0 saturated heterocycles. The molecule has 0 fully saturated rings. The van der Waals surface area contributed by atoms with Crippen molar-refractivity contribution < 1.29 is 0 Å². The molecule has 1 rings (SSSR count). The van der Waals surface area contributed by atoms with E-state index in [0.717, 1.165) is 19.6 Å². The second kappa shape index (κ2) is 8.92. The molecule has 0 spiro atoms. The summed E-state index contributed by atoms with van der Waals surface area (Å²) in [5, 5.41) is 3.17. The van der Waals surface area contributed by atoms with Crippen LogP contribution in [0, 0.1) is 6.92 Å². The number of hydrogen-bond acceptors (Lipinski definition) is 3. The summed E-state index contributed by atoms with van der Waals surface area (Å²) in [5.74, 6) is 1.17. The Hall–Kier alpha value is -1.09. The highest BCUT2D eigenvalue weighted by atomic mass is 15.2. The molecule has 1 aromatic rings. The predicted octanol–water partition coefficient (Wildman–Crippen LogP) is 3.52. The van der Waals surface area contributed by atoms with E-state index in [0.29, 0.717) is 0 Å². The summed E-state index contributed by atoms with van der Waals surface area (Å²) >= 11 is 0. The van der Waals surface area contributed by atoms with Crippen molar-refractivity contribution in [1.82, 2.24) is 10.3 Å². The van der Waals surface area contributed by atoms with Gasteiger partial charge < -0.3 is 10.2 Å². The van der Waals surface area contributed by atoms with E-state index in [2.05, 4.69) is 42.0 Å². The van der Waals surface area contributed by atoms with Crippen LogP contribution in [-0.4, -0.2) is 25.1 Å². The van der Waals surface area contributed by atoms with Crippen LogP contribution in [0.5, 0.6) is 0 Å². The average Bonchev–Trinajstić information content (AvgIpc) is 2.40. The van der Waals surface area contributed by atoms with Crippen LogP contribution in [-0.2, 0) is 6.54 Å². The fourth-order valence-corrected chi connectivity index (χ4v) is 2.28. The van der Waals surface area contributed by atoms with E-state index in [-0.39, 0.29) is 0 Å². The summed E-state index contributed by atoms with van der Waals surface area (Å²) in [4.78, 5) is 7.14. The molecule has 0 aliphatic heterocycles. The van der Waals surface area contributed by atoms with Crippen molar-refractivity contribution in [3.8, 4) is 0 Å². The molecular formula is C16H29N3. The van der Waals surface area contributed by atoms with Gasteiger partial charge in [-0.25, -0.2) is 4.98 Å². The monoisotopic (exact) mass is 263 g/mol. The van der Waals surface area contributed by atoms with Gasteiger partial charge in [0.2, 0.25) is 0 Å². The first-order valence-corrected chi connectivity index (χ1v) is 7.58. The van der Waals surface area contributed by atoms with E-state index in [1.54, 1.807) is 0 Å². The van der Waals surface area contributed by atoms with Gasteiger partial charge in [-0.3, -0.25) is 0 Å². The number of anilines is 1. The molecule has 0 atom stereocenters. The quantitative estimate of drug-likeness (QED) is 0.739. The van der Waals surface area contributed by atoms with Crippen LogP contribution in [0.4, 0.5) is 5.82 Å². The minimum Gasteiger partial charge on any atom is -0.356 e. The van der Waals surface area contributed by atoms with Gasteiger partial charge in [0.25, 0.3) is 0 Å². The first kappa shape index (κ1) is 16.0. The molecule has 1 aromatic heterocycles. The van der Waals surface area contributed by atoms with Gasteiger partial charge >= 0.3 is 0 Å². The Kier molecular flexibility index (Phi) is 7.49. The van der Waals surface area contributed by atoms with Crippen LogP contribution in [0.3, 0.4) is 0 Å². The maximum atomic E-state index is 4.69. The van der Waals surface area contributed by atoms with Gasteiger partial charge in [0, 0.05) is 25.8 Å². The minimum absolute atomic E-state index is 0.887. The normalized spacial score (nSPS) is 10.7. The van der Waals surface area contributed by atoms with E-state index in [4.69, 9.17) is 0 Å². The van der Waals surface area contributed by atoms with E-state index >= 15 is 0 Å². The van der Waals surface area contributed by atoms with E-state index < -0.39 is 0 Å². The third kappa shape index (κ3) is 5.19. The molecule has 1 heterocycles. The molecule has 0 radical (unpaired) electrons. The Bertz CT molecular complexity index is 355. The van der Waals surface area contributed by atoms with Gasteiger partial charge in [0.1, 0.15) is 5.82 Å². The van der Waals surface area contributed by atoms with Gasteiger partial charge in [-0.15, -0.1) is 0 Å². The molecule has 0 unspecified atom stereocenters. The SMILES string of the molecule is CCCCN(CCCC)c1ncc(CNC)cc1C. The fourth-order valence-electron chi connectivity index (χ4n) is 2.28. The number of unbranched alkanes of at least 4 members (excludes halogenated alkanes) is 2. The molecule has 0 aliphatic rings. The second-order valence-electron chi connectivity index (χ2n) is 5.21. The Labute approximate surface area is 118 Å². The van der Waals surface area contributed by atoms with Gasteiger partial charge in [-0.1, -0.05) is 26.7 Å². The largest absolute Gasteiger partial charge is 0.356 e. The fraction of sp³-hybridized carbons (Fsp3) is 0.688. The van der Waals surface area contributed by atoms with Gasteiger partial charge in [-0.2, -0.15) is 0 Å².